The van der Waals surface area contributed by atoms with E-state index in [9.17, 15) is 4.79 Å². The van der Waals surface area contributed by atoms with Crippen LogP contribution in [0.2, 0.25) is 0 Å². The SMILES string of the molecule is CCOc1ccccc1-n1cc(C(C)(C)N)c(=O)cc1C. The van der Waals surface area contributed by atoms with Crippen LogP contribution in [0, 0.1) is 6.92 Å². The number of hydrogen-bond acceptors (Lipinski definition) is 3. The van der Waals surface area contributed by atoms with Crippen LogP contribution in [0.3, 0.4) is 0 Å². The van der Waals surface area contributed by atoms with Gasteiger partial charge in [-0.1, -0.05) is 12.1 Å². The van der Waals surface area contributed by atoms with Crippen LogP contribution >= 0.6 is 0 Å². The predicted molar refractivity (Wildman–Crippen MR) is 85.2 cm³/mol. The lowest BCUT2D eigenvalue weighted by Gasteiger charge is -2.22. The highest BCUT2D eigenvalue weighted by atomic mass is 16.5. The van der Waals surface area contributed by atoms with Crippen molar-refractivity contribution in [1.29, 1.82) is 0 Å². The zero-order valence-electron chi connectivity index (χ0n) is 13.0. The predicted octanol–water partition coefficient (Wildman–Crippen LogP) is 2.74. The molecule has 0 amide bonds. The molecule has 2 aromatic rings. The van der Waals surface area contributed by atoms with E-state index < -0.39 is 5.54 Å². The summed E-state index contributed by atoms with van der Waals surface area (Å²) in [5, 5.41) is 0. The Hall–Kier alpha value is -2.07. The Bertz CT molecular complexity index is 697. The van der Waals surface area contributed by atoms with Crippen LogP contribution in [0.1, 0.15) is 32.0 Å². The molecule has 0 atom stereocenters. The molecule has 0 fully saturated rings. The fraction of sp³-hybridized carbons (Fsp3) is 0.353. The first-order valence-electron chi connectivity index (χ1n) is 7.09. The minimum absolute atomic E-state index is 0.0369. The monoisotopic (exact) mass is 286 g/mol. The van der Waals surface area contributed by atoms with Crippen molar-refractivity contribution in [2.75, 3.05) is 6.61 Å². The van der Waals surface area contributed by atoms with Gasteiger partial charge in [0.1, 0.15) is 5.75 Å². The number of hydrogen-bond donors (Lipinski definition) is 1. The first-order valence-corrected chi connectivity index (χ1v) is 7.09. The second-order valence-electron chi connectivity index (χ2n) is 5.69. The Morgan fingerprint density at radius 3 is 2.57 bits per heavy atom. The Kier molecular flexibility index (Phi) is 4.19. The van der Waals surface area contributed by atoms with Crippen LogP contribution in [0.25, 0.3) is 5.69 Å². The van der Waals surface area contributed by atoms with E-state index in [1.165, 1.54) is 0 Å². The molecule has 0 aliphatic rings. The molecule has 0 unspecified atom stereocenters. The third-order valence-electron chi connectivity index (χ3n) is 3.36. The summed E-state index contributed by atoms with van der Waals surface area (Å²) in [6, 6.07) is 9.38. The van der Waals surface area contributed by atoms with Gasteiger partial charge >= 0.3 is 0 Å². The molecule has 4 heteroatoms. The second-order valence-corrected chi connectivity index (χ2v) is 5.69. The van der Waals surface area contributed by atoms with E-state index in [2.05, 4.69) is 0 Å². The summed E-state index contributed by atoms with van der Waals surface area (Å²) in [5.41, 5.74) is 7.72. The molecular weight excluding hydrogens is 264 g/mol. The van der Waals surface area contributed by atoms with Crippen LogP contribution < -0.4 is 15.9 Å². The van der Waals surface area contributed by atoms with Crippen molar-refractivity contribution < 1.29 is 4.74 Å². The van der Waals surface area contributed by atoms with Gasteiger partial charge in [0.15, 0.2) is 5.43 Å². The van der Waals surface area contributed by atoms with E-state index in [0.29, 0.717) is 12.2 Å². The van der Waals surface area contributed by atoms with Gasteiger partial charge in [-0.15, -0.1) is 0 Å². The van der Waals surface area contributed by atoms with E-state index in [4.69, 9.17) is 10.5 Å². The zero-order chi connectivity index (χ0) is 15.6. The normalized spacial score (nSPS) is 11.5. The van der Waals surface area contributed by atoms with Gasteiger partial charge in [0.05, 0.1) is 12.3 Å². The number of rotatable bonds is 4. The molecule has 1 aromatic carbocycles. The van der Waals surface area contributed by atoms with Gasteiger partial charge in [-0.25, -0.2) is 0 Å². The lowest BCUT2D eigenvalue weighted by atomic mass is 9.96. The summed E-state index contributed by atoms with van der Waals surface area (Å²) in [6.45, 7) is 8.10. The molecule has 0 bridgehead atoms. The Morgan fingerprint density at radius 2 is 1.95 bits per heavy atom. The van der Waals surface area contributed by atoms with Crippen LogP contribution in [0.15, 0.2) is 41.3 Å². The fourth-order valence-corrected chi connectivity index (χ4v) is 2.31. The highest BCUT2D eigenvalue weighted by molar-refractivity contribution is 5.48. The molecule has 4 nitrogen and oxygen atoms in total. The molecular formula is C17H22N2O2. The third kappa shape index (κ3) is 3.16. The Morgan fingerprint density at radius 1 is 1.29 bits per heavy atom. The van der Waals surface area contributed by atoms with E-state index >= 15 is 0 Å². The number of aromatic nitrogens is 1. The van der Waals surface area contributed by atoms with Gasteiger partial charge < -0.3 is 15.0 Å². The van der Waals surface area contributed by atoms with E-state index in [1.807, 2.05) is 62.7 Å². The molecule has 0 aliphatic carbocycles. The molecule has 112 valence electrons. The molecule has 0 saturated heterocycles. The number of ether oxygens (including phenoxy) is 1. The molecule has 0 aliphatic heterocycles. The van der Waals surface area contributed by atoms with Crippen LogP contribution in [-0.2, 0) is 5.54 Å². The number of nitrogens with two attached hydrogens (primary N) is 1. The van der Waals surface area contributed by atoms with Crippen molar-refractivity contribution in [1.82, 2.24) is 4.57 Å². The number of benzene rings is 1. The summed E-state index contributed by atoms with van der Waals surface area (Å²) >= 11 is 0. The molecule has 1 heterocycles. The van der Waals surface area contributed by atoms with Crippen LogP contribution in [0.5, 0.6) is 5.75 Å². The average Bonchev–Trinajstić information content (AvgIpc) is 2.39. The maximum absolute atomic E-state index is 12.2. The Balaban J connectivity index is 2.67. The molecule has 1 aromatic heterocycles. The maximum Gasteiger partial charge on any atom is 0.186 e. The molecule has 0 saturated carbocycles. The van der Waals surface area contributed by atoms with Crippen molar-refractivity contribution >= 4 is 0 Å². The van der Waals surface area contributed by atoms with Crippen molar-refractivity contribution in [3.63, 3.8) is 0 Å². The van der Waals surface area contributed by atoms with Gasteiger partial charge in [-0.2, -0.15) is 0 Å². The number of pyridine rings is 1. The third-order valence-corrected chi connectivity index (χ3v) is 3.36. The fourth-order valence-electron chi connectivity index (χ4n) is 2.31. The van der Waals surface area contributed by atoms with Crippen LogP contribution in [-0.4, -0.2) is 11.2 Å². The van der Waals surface area contributed by atoms with E-state index in [0.717, 1.165) is 17.1 Å². The average molecular weight is 286 g/mol. The number of aryl methyl sites for hydroxylation is 1. The van der Waals surface area contributed by atoms with Crippen molar-refractivity contribution in [3.05, 3.63) is 58.0 Å². The highest BCUT2D eigenvalue weighted by Gasteiger charge is 2.20. The largest absolute Gasteiger partial charge is 0.492 e. The molecule has 2 rings (SSSR count). The van der Waals surface area contributed by atoms with Crippen molar-refractivity contribution in [2.45, 2.75) is 33.2 Å². The minimum Gasteiger partial charge on any atom is -0.492 e. The maximum atomic E-state index is 12.2. The number of nitrogens with zero attached hydrogens (tertiary/aromatic N) is 1. The molecule has 0 spiro atoms. The van der Waals surface area contributed by atoms with Gasteiger partial charge in [0.25, 0.3) is 0 Å². The minimum atomic E-state index is -0.687. The van der Waals surface area contributed by atoms with Crippen molar-refractivity contribution in [3.8, 4) is 11.4 Å². The molecule has 2 N–H and O–H groups in total. The van der Waals surface area contributed by atoms with E-state index in [1.54, 1.807) is 6.07 Å². The highest BCUT2D eigenvalue weighted by Crippen LogP contribution is 2.25. The summed E-state index contributed by atoms with van der Waals surface area (Å²) < 4.78 is 7.63. The zero-order valence-corrected chi connectivity index (χ0v) is 13.0. The van der Waals surface area contributed by atoms with Gasteiger partial charge in [-0.05, 0) is 39.8 Å². The lowest BCUT2D eigenvalue weighted by molar-refractivity contribution is 0.339. The summed E-state index contributed by atoms with van der Waals surface area (Å²) in [4.78, 5) is 12.2. The lowest BCUT2D eigenvalue weighted by Crippen LogP contribution is -2.35. The topological polar surface area (TPSA) is 57.2 Å². The smallest absolute Gasteiger partial charge is 0.186 e. The quantitative estimate of drug-likeness (QED) is 0.940. The van der Waals surface area contributed by atoms with Crippen LogP contribution in [0.4, 0.5) is 0 Å². The summed E-state index contributed by atoms with van der Waals surface area (Å²) in [7, 11) is 0. The molecule has 0 radical (unpaired) electrons. The second kappa shape index (κ2) is 5.74. The van der Waals surface area contributed by atoms with Gasteiger partial charge in [0, 0.05) is 29.1 Å². The first-order chi connectivity index (χ1) is 9.84. The standard InChI is InChI=1S/C17H22N2O2/c1-5-21-16-9-7-6-8-14(16)19-11-13(17(3,4)18)15(20)10-12(19)2/h6-11H,5,18H2,1-4H3. The number of para-hydroxylation sites is 2. The molecule has 21 heavy (non-hydrogen) atoms. The summed E-state index contributed by atoms with van der Waals surface area (Å²) in [5.74, 6) is 0.785. The van der Waals surface area contributed by atoms with E-state index in [-0.39, 0.29) is 5.43 Å². The van der Waals surface area contributed by atoms with Crippen molar-refractivity contribution in [2.24, 2.45) is 5.73 Å². The van der Waals surface area contributed by atoms with Gasteiger partial charge in [0.2, 0.25) is 0 Å². The Labute approximate surface area is 125 Å². The van der Waals surface area contributed by atoms with Gasteiger partial charge in [-0.3, -0.25) is 4.79 Å². The summed E-state index contributed by atoms with van der Waals surface area (Å²) in [6.07, 6.45) is 1.82. The first kappa shape index (κ1) is 15.3.